The van der Waals surface area contributed by atoms with Crippen molar-refractivity contribution in [1.29, 1.82) is 0 Å². The largest absolute Gasteiger partial charge is 0.483 e. The maximum absolute atomic E-state index is 13.6. The fraction of sp³-hybridized carbons (Fsp3) is 0.120. The monoisotopic (exact) mass is 434 g/mol. The van der Waals surface area contributed by atoms with E-state index in [0.717, 1.165) is 16.3 Å². The number of halogens is 2. The number of anilines is 1. The predicted octanol–water partition coefficient (Wildman–Crippen LogP) is 6.20. The van der Waals surface area contributed by atoms with Crippen LogP contribution in [0.25, 0.3) is 10.8 Å². The first-order valence-corrected chi connectivity index (χ1v) is 10.2. The van der Waals surface area contributed by atoms with E-state index in [1.165, 1.54) is 18.2 Å². The number of aromatic nitrogens is 1. The zero-order valence-corrected chi connectivity index (χ0v) is 17.6. The number of hydrogen-bond donors (Lipinski definition) is 0. The number of ether oxygens (including phenoxy) is 1. The van der Waals surface area contributed by atoms with Crippen LogP contribution in [0, 0.1) is 5.82 Å². The summed E-state index contributed by atoms with van der Waals surface area (Å²) in [5.41, 5.74) is 1.35. The van der Waals surface area contributed by atoms with Gasteiger partial charge in [-0.05, 0) is 42.8 Å². The Labute approximate surface area is 184 Å². The van der Waals surface area contributed by atoms with Crippen LogP contribution in [0.15, 0.2) is 85.2 Å². The summed E-state index contributed by atoms with van der Waals surface area (Å²) >= 11 is 6.31. The van der Waals surface area contributed by atoms with Crippen LogP contribution in [0.3, 0.4) is 0 Å². The minimum atomic E-state index is -0.464. The fourth-order valence-electron chi connectivity index (χ4n) is 3.54. The maximum atomic E-state index is 13.6. The topological polar surface area (TPSA) is 42.4 Å². The molecule has 3 aromatic carbocycles. The van der Waals surface area contributed by atoms with Crippen LogP contribution in [0.4, 0.5) is 10.1 Å². The Morgan fingerprint density at radius 3 is 2.68 bits per heavy atom. The van der Waals surface area contributed by atoms with Gasteiger partial charge in [0.15, 0.2) is 6.61 Å². The van der Waals surface area contributed by atoms with Crippen molar-refractivity contribution >= 4 is 34.0 Å². The molecule has 0 bridgehead atoms. The van der Waals surface area contributed by atoms with Crippen LogP contribution in [-0.2, 0) is 4.79 Å². The summed E-state index contributed by atoms with van der Waals surface area (Å²) in [7, 11) is 0. The number of rotatable bonds is 6. The Hall–Kier alpha value is -3.44. The summed E-state index contributed by atoms with van der Waals surface area (Å²) in [5.74, 6) is -0.171. The van der Waals surface area contributed by atoms with Crippen LogP contribution >= 0.6 is 11.6 Å². The zero-order chi connectivity index (χ0) is 21.8. The summed E-state index contributed by atoms with van der Waals surface area (Å²) in [5, 5.41) is 1.95. The Balaban J connectivity index is 1.65. The van der Waals surface area contributed by atoms with Crippen LogP contribution in [0.5, 0.6) is 5.75 Å². The van der Waals surface area contributed by atoms with E-state index in [1.54, 1.807) is 17.3 Å². The second-order valence-corrected chi connectivity index (χ2v) is 7.49. The molecule has 0 spiro atoms. The van der Waals surface area contributed by atoms with E-state index in [0.29, 0.717) is 11.4 Å². The average Bonchev–Trinajstić information content (AvgIpc) is 2.79. The standard InChI is InChI=1S/C25H20ClFN2O2/c1-17(18-6-3-2-4-7-18)29(23-11-10-20(27)14-22(23)26)25(30)16-31-24-9-5-8-19-15-28-13-12-21(19)24/h2-15,17H,16H2,1H3. The Morgan fingerprint density at radius 1 is 1.10 bits per heavy atom. The van der Waals surface area contributed by atoms with Gasteiger partial charge < -0.3 is 9.64 Å². The van der Waals surface area contributed by atoms with E-state index in [-0.39, 0.29) is 23.6 Å². The highest BCUT2D eigenvalue weighted by molar-refractivity contribution is 6.33. The van der Waals surface area contributed by atoms with Gasteiger partial charge >= 0.3 is 0 Å². The molecule has 1 heterocycles. The second kappa shape index (κ2) is 9.14. The molecule has 6 heteroatoms. The van der Waals surface area contributed by atoms with Crippen molar-refractivity contribution < 1.29 is 13.9 Å². The number of fused-ring (bicyclic) bond motifs is 1. The molecule has 0 aliphatic heterocycles. The third-order valence-electron chi connectivity index (χ3n) is 5.10. The van der Waals surface area contributed by atoms with Gasteiger partial charge in [-0.15, -0.1) is 0 Å². The molecule has 0 N–H and O–H groups in total. The molecule has 0 aliphatic carbocycles. The van der Waals surface area contributed by atoms with Gasteiger partial charge in [0, 0.05) is 23.2 Å². The van der Waals surface area contributed by atoms with Gasteiger partial charge in [-0.2, -0.15) is 0 Å². The molecule has 0 fully saturated rings. The van der Waals surface area contributed by atoms with E-state index in [4.69, 9.17) is 16.3 Å². The highest BCUT2D eigenvalue weighted by Crippen LogP contribution is 2.34. The SMILES string of the molecule is CC(c1ccccc1)N(C(=O)COc1cccc2cnccc12)c1ccc(F)cc1Cl. The van der Waals surface area contributed by atoms with Crippen molar-refractivity contribution in [3.63, 3.8) is 0 Å². The lowest BCUT2D eigenvalue weighted by atomic mass is 10.1. The number of carbonyl (C=O) groups excluding carboxylic acids is 1. The van der Waals surface area contributed by atoms with Gasteiger partial charge in [0.1, 0.15) is 11.6 Å². The Morgan fingerprint density at radius 2 is 1.90 bits per heavy atom. The molecule has 31 heavy (non-hydrogen) atoms. The Kier molecular flexibility index (Phi) is 6.14. The number of benzene rings is 3. The molecule has 0 saturated heterocycles. The molecule has 4 aromatic rings. The number of carbonyl (C=O) groups is 1. The number of pyridine rings is 1. The average molecular weight is 435 g/mol. The third kappa shape index (κ3) is 4.52. The van der Waals surface area contributed by atoms with E-state index in [2.05, 4.69) is 4.98 Å². The molecule has 0 aliphatic rings. The lowest BCUT2D eigenvalue weighted by molar-refractivity contribution is -0.121. The minimum Gasteiger partial charge on any atom is -0.483 e. The first-order chi connectivity index (χ1) is 15.0. The Bertz CT molecular complexity index is 1210. The van der Waals surface area contributed by atoms with Gasteiger partial charge in [0.2, 0.25) is 0 Å². The molecule has 1 unspecified atom stereocenters. The fourth-order valence-corrected chi connectivity index (χ4v) is 3.80. The first kappa shape index (κ1) is 20.8. The molecule has 1 aromatic heterocycles. The molecule has 1 atom stereocenters. The van der Waals surface area contributed by atoms with Gasteiger partial charge in [0.05, 0.1) is 16.8 Å². The van der Waals surface area contributed by atoms with Crippen LogP contribution in [0.2, 0.25) is 5.02 Å². The molecule has 4 nitrogen and oxygen atoms in total. The minimum absolute atomic E-state index is 0.160. The molecule has 156 valence electrons. The molecular weight excluding hydrogens is 415 g/mol. The highest BCUT2D eigenvalue weighted by Gasteiger charge is 2.26. The lowest BCUT2D eigenvalue weighted by Gasteiger charge is -2.30. The molecule has 0 radical (unpaired) electrons. The van der Waals surface area contributed by atoms with E-state index in [1.807, 2.05) is 61.5 Å². The summed E-state index contributed by atoms with van der Waals surface area (Å²) in [6, 6.07) is 20.7. The maximum Gasteiger partial charge on any atom is 0.265 e. The second-order valence-electron chi connectivity index (χ2n) is 7.09. The number of amides is 1. The molecule has 1 amide bonds. The third-order valence-corrected chi connectivity index (χ3v) is 5.40. The predicted molar refractivity (Wildman–Crippen MR) is 121 cm³/mol. The van der Waals surface area contributed by atoms with Gasteiger partial charge in [0.25, 0.3) is 5.91 Å². The highest BCUT2D eigenvalue weighted by atomic mass is 35.5. The van der Waals surface area contributed by atoms with Crippen molar-refractivity contribution in [2.24, 2.45) is 0 Å². The zero-order valence-electron chi connectivity index (χ0n) is 16.8. The van der Waals surface area contributed by atoms with Crippen molar-refractivity contribution in [1.82, 2.24) is 4.98 Å². The van der Waals surface area contributed by atoms with E-state index >= 15 is 0 Å². The van der Waals surface area contributed by atoms with Crippen molar-refractivity contribution in [2.45, 2.75) is 13.0 Å². The van der Waals surface area contributed by atoms with Crippen molar-refractivity contribution in [3.05, 3.63) is 102 Å². The van der Waals surface area contributed by atoms with Crippen LogP contribution in [0.1, 0.15) is 18.5 Å². The molecular formula is C25H20ClFN2O2. The summed E-state index contributed by atoms with van der Waals surface area (Å²) in [6.07, 6.45) is 3.42. The van der Waals surface area contributed by atoms with Gasteiger partial charge in [-0.25, -0.2) is 4.39 Å². The quantitative estimate of drug-likeness (QED) is 0.363. The van der Waals surface area contributed by atoms with E-state index < -0.39 is 5.82 Å². The molecule has 0 saturated carbocycles. The van der Waals surface area contributed by atoms with Gasteiger partial charge in [-0.1, -0.05) is 54.1 Å². The summed E-state index contributed by atoms with van der Waals surface area (Å²) in [6.45, 7) is 1.70. The molecule has 4 rings (SSSR count). The van der Waals surface area contributed by atoms with Crippen LogP contribution in [-0.4, -0.2) is 17.5 Å². The van der Waals surface area contributed by atoms with Crippen molar-refractivity contribution in [3.8, 4) is 5.75 Å². The normalized spacial score (nSPS) is 11.8. The number of nitrogens with zero attached hydrogens (tertiary/aromatic N) is 2. The summed E-state index contributed by atoms with van der Waals surface area (Å²) < 4.78 is 19.5. The summed E-state index contributed by atoms with van der Waals surface area (Å²) in [4.78, 5) is 19.0. The lowest BCUT2D eigenvalue weighted by Crippen LogP contribution is -2.37. The first-order valence-electron chi connectivity index (χ1n) is 9.82. The van der Waals surface area contributed by atoms with E-state index in [9.17, 15) is 9.18 Å². The van der Waals surface area contributed by atoms with Crippen molar-refractivity contribution in [2.75, 3.05) is 11.5 Å². The smallest absolute Gasteiger partial charge is 0.265 e. The van der Waals surface area contributed by atoms with Gasteiger partial charge in [-0.3, -0.25) is 9.78 Å². The van der Waals surface area contributed by atoms with Crippen LogP contribution < -0.4 is 9.64 Å². The number of hydrogen-bond acceptors (Lipinski definition) is 3.